The Morgan fingerprint density at radius 2 is 1.57 bits per heavy atom. The molecule has 4 heterocycles. The van der Waals surface area contributed by atoms with E-state index in [1.807, 2.05) is 6.07 Å². The summed E-state index contributed by atoms with van der Waals surface area (Å²) in [5, 5.41) is 8.17. The van der Waals surface area contributed by atoms with E-state index < -0.39 is 7.92 Å². The standard InChI is InChI=1S/C35H45BrN9OP/c1-5-23-20-29(31(46-2)21-30(23)45-14-10-25(11-15-45)44-18-16-43(17-19-44)24-6-7-24)41-35-39-22-26(36)34(42-35)40-28-9-8-27-32(33(28)47(3)4)38-13-12-37-27/h8-9,12-13,20-22,24-25H,5-7,10-11,14-19H2,1-4H3,(H2,39,40,41,42). The summed E-state index contributed by atoms with van der Waals surface area (Å²) in [6.45, 7) is 13.8. The molecule has 2 N–H and O–H groups in total. The number of piperidine rings is 1. The zero-order valence-corrected chi connectivity index (χ0v) is 30.3. The Morgan fingerprint density at radius 1 is 0.872 bits per heavy atom. The maximum absolute atomic E-state index is 5.94. The van der Waals surface area contributed by atoms with E-state index >= 15 is 0 Å². The molecular weight excluding hydrogens is 673 g/mol. The van der Waals surface area contributed by atoms with Crippen LogP contribution in [0.4, 0.5) is 28.8 Å². The molecule has 0 amide bonds. The number of anilines is 5. The first-order chi connectivity index (χ1) is 22.9. The molecule has 3 aliphatic rings. The number of halogens is 1. The van der Waals surface area contributed by atoms with Crippen molar-refractivity contribution in [2.75, 3.05) is 75.2 Å². The SMILES string of the molecule is CCc1cc(Nc2ncc(Br)c(Nc3ccc4nccnc4c3P(C)C)n2)c(OC)cc1N1CCC(N2CCN(C3CC3)CC2)CC1. The molecule has 12 heteroatoms. The fourth-order valence-electron chi connectivity index (χ4n) is 7.18. The first-order valence-electron chi connectivity index (χ1n) is 16.8. The Kier molecular flexibility index (Phi) is 9.78. The minimum Gasteiger partial charge on any atom is -0.494 e. The van der Waals surface area contributed by atoms with Gasteiger partial charge >= 0.3 is 0 Å². The van der Waals surface area contributed by atoms with Crippen molar-refractivity contribution in [3.63, 3.8) is 0 Å². The van der Waals surface area contributed by atoms with Gasteiger partial charge in [-0.05, 0) is 85.1 Å². The molecule has 0 bridgehead atoms. The van der Waals surface area contributed by atoms with Crippen LogP contribution in [0.5, 0.6) is 5.75 Å². The zero-order valence-electron chi connectivity index (χ0n) is 27.8. The number of methoxy groups -OCH3 is 1. The number of benzene rings is 2. The van der Waals surface area contributed by atoms with E-state index in [1.54, 1.807) is 25.7 Å². The number of fused-ring (bicyclic) bond motifs is 1. The molecule has 1 aliphatic carbocycles. The first-order valence-corrected chi connectivity index (χ1v) is 19.9. The molecule has 10 nitrogen and oxygen atoms in total. The second-order valence-electron chi connectivity index (χ2n) is 13.0. The molecule has 7 rings (SSSR count). The van der Waals surface area contributed by atoms with E-state index in [9.17, 15) is 0 Å². The predicted molar refractivity (Wildman–Crippen MR) is 198 cm³/mol. The highest BCUT2D eigenvalue weighted by molar-refractivity contribution is 9.10. The Hall–Kier alpha value is -3.11. The molecule has 0 spiro atoms. The van der Waals surface area contributed by atoms with Gasteiger partial charge < -0.3 is 20.3 Å². The Labute approximate surface area is 287 Å². The van der Waals surface area contributed by atoms with Gasteiger partial charge in [-0.2, -0.15) is 4.98 Å². The van der Waals surface area contributed by atoms with Crippen molar-refractivity contribution < 1.29 is 4.74 Å². The quantitative estimate of drug-likeness (QED) is 0.181. The molecule has 248 valence electrons. The predicted octanol–water partition coefficient (Wildman–Crippen LogP) is 6.36. The van der Waals surface area contributed by atoms with Gasteiger partial charge in [-0.25, -0.2) is 4.98 Å². The van der Waals surface area contributed by atoms with Crippen molar-refractivity contribution in [3.05, 3.63) is 52.9 Å². The molecule has 0 unspecified atom stereocenters. The molecule has 2 saturated heterocycles. The van der Waals surface area contributed by atoms with E-state index in [2.05, 4.69) is 94.7 Å². The van der Waals surface area contributed by atoms with Crippen LogP contribution < -0.4 is 25.6 Å². The number of hydrogen-bond donors (Lipinski definition) is 2. The van der Waals surface area contributed by atoms with E-state index in [-0.39, 0.29) is 0 Å². The topological polar surface area (TPSA) is 94.6 Å². The maximum atomic E-state index is 5.94. The van der Waals surface area contributed by atoms with Crippen molar-refractivity contribution in [1.82, 2.24) is 29.7 Å². The summed E-state index contributed by atoms with van der Waals surface area (Å²) in [6, 6.07) is 10.0. The van der Waals surface area contributed by atoms with Crippen LogP contribution in [0, 0.1) is 0 Å². The van der Waals surface area contributed by atoms with Gasteiger partial charge in [0.25, 0.3) is 0 Å². The Bertz CT molecular complexity index is 1720. The Morgan fingerprint density at radius 3 is 2.23 bits per heavy atom. The lowest BCUT2D eigenvalue weighted by Crippen LogP contribution is -2.53. The van der Waals surface area contributed by atoms with Crippen LogP contribution in [-0.2, 0) is 6.42 Å². The third kappa shape index (κ3) is 7.05. The molecular formula is C35H45BrN9OP. The molecule has 2 aromatic heterocycles. The smallest absolute Gasteiger partial charge is 0.229 e. The molecule has 2 aromatic carbocycles. The van der Waals surface area contributed by atoms with E-state index in [1.165, 1.54) is 63.1 Å². The molecule has 1 saturated carbocycles. The normalized spacial score (nSPS) is 18.2. The molecule has 0 atom stereocenters. The lowest BCUT2D eigenvalue weighted by atomic mass is 9.99. The molecule has 4 aromatic rings. The first kappa shape index (κ1) is 32.4. The highest BCUT2D eigenvalue weighted by Gasteiger charge is 2.34. The molecule has 3 fully saturated rings. The van der Waals surface area contributed by atoms with Crippen molar-refractivity contribution >= 4 is 69.0 Å². The molecule has 0 radical (unpaired) electrons. The van der Waals surface area contributed by atoms with Gasteiger partial charge in [0.1, 0.15) is 11.6 Å². The van der Waals surface area contributed by atoms with Gasteiger partial charge in [0.05, 0.1) is 28.3 Å². The number of aryl methyl sites for hydroxylation is 1. The fraction of sp³-hybridized carbons (Fsp3) is 0.486. The van der Waals surface area contributed by atoms with Gasteiger partial charge in [0.15, 0.2) is 0 Å². The largest absolute Gasteiger partial charge is 0.494 e. The van der Waals surface area contributed by atoms with Gasteiger partial charge in [0.2, 0.25) is 5.95 Å². The summed E-state index contributed by atoms with van der Waals surface area (Å²) < 4.78 is 6.71. The lowest BCUT2D eigenvalue weighted by Gasteiger charge is -2.43. The average molecular weight is 719 g/mol. The van der Waals surface area contributed by atoms with Crippen LogP contribution in [0.2, 0.25) is 0 Å². The number of rotatable bonds is 10. The minimum absolute atomic E-state index is 0.463. The van der Waals surface area contributed by atoms with Gasteiger partial charge in [-0.1, -0.05) is 14.8 Å². The number of nitrogens with zero attached hydrogens (tertiary/aromatic N) is 7. The van der Waals surface area contributed by atoms with Crippen LogP contribution in [-0.4, -0.2) is 102 Å². The summed E-state index contributed by atoms with van der Waals surface area (Å²) in [4.78, 5) is 26.6. The monoisotopic (exact) mass is 717 g/mol. The van der Waals surface area contributed by atoms with Crippen LogP contribution in [0.15, 0.2) is 47.3 Å². The summed E-state index contributed by atoms with van der Waals surface area (Å²) in [7, 11) is 1.27. The Balaban J connectivity index is 1.07. The number of nitrogens with one attached hydrogen (secondary N) is 2. The summed E-state index contributed by atoms with van der Waals surface area (Å²) in [6.07, 6.45) is 11.4. The number of ether oxygens (including phenoxy) is 1. The number of hydrogen-bond acceptors (Lipinski definition) is 10. The number of aromatic nitrogens is 4. The van der Waals surface area contributed by atoms with Crippen LogP contribution in [0.3, 0.4) is 0 Å². The highest BCUT2D eigenvalue weighted by Crippen LogP contribution is 2.38. The van der Waals surface area contributed by atoms with Gasteiger partial charge in [0, 0.05) is 92.7 Å². The maximum Gasteiger partial charge on any atom is 0.229 e. The second-order valence-corrected chi connectivity index (χ2v) is 16.1. The fourth-order valence-corrected chi connectivity index (χ4v) is 8.67. The van der Waals surface area contributed by atoms with Crippen molar-refractivity contribution in [2.24, 2.45) is 0 Å². The van der Waals surface area contributed by atoms with Crippen molar-refractivity contribution in [3.8, 4) is 5.75 Å². The van der Waals surface area contributed by atoms with E-state index in [0.717, 1.165) is 63.5 Å². The lowest BCUT2D eigenvalue weighted by molar-refractivity contribution is 0.0809. The summed E-state index contributed by atoms with van der Waals surface area (Å²) in [5.74, 6) is 1.95. The highest BCUT2D eigenvalue weighted by atomic mass is 79.9. The molecule has 47 heavy (non-hydrogen) atoms. The van der Waals surface area contributed by atoms with Gasteiger partial charge in [-0.15, -0.1) is 0 Å². The average Bonchev–Trinajstić information content (AvgIpc) is 3.95. The zero-order chi connectivity index (χ0) is 32.5. The summed E-state index contributed by atoms with van der Waals surface area (Å²) in [5.41, 5.74) is 6.21. The van der Waals surface area contributed by atoms with Gasteiger partial charge in [-0.3, -0.25) is 19.8 Å². The number of piperazine rings is 1. The third-order valence-corrected chi connectivity index (χ3v) is 11.7. The van der Waals surface area contributed by atoms with Crippen molar-refractivity contribution in [1.29, 1.82) is 0 Å². The van der Waals surface area contributed by atoms with Crippen LogP contribution in [0.1, 0.15) is 38.2 Å². The van der Waals surface area contributed by atoms with E-state index in [0.29, 0.717) is 17.8 Å². The second kappa shape index (κ2) is 14.2. The van der Waals surface area contributed by atoms with Crippen LogP contribution in [0.25, 0.3) is 11.0 Å². The van der Waals surface area contributed by atoms with Crippen molar-refractivity contribution in [2.45, 2.75) is 51.1 Å². The minimum atomic E-state index is -0.463. The molecule has 2 aliphatic heterocycles. The third-order valence-electron chi connectivity index (χ3n) is 9.82. The van der Waals surface area contributed by atoms with Crippen LogP contribution >= 0.6 is 23.9 Å². The van der Waals surface area contributed by atoms with E-state index in [4.69, 9.17) is 9.72 Å². The summed E-state index contributed by atoms with van der Waals surface area (Å²) >= 11 is 3.66.